The molecule has 6 heteroatoms. The van der Waals surface area contributed by atoms with Gasteiger partial charge in [0.05, 0.1) is 10.2 Å². The van der Waals surface area contributed by atoms with E-state index >= 15 is 0 Å². The minimum atomic E-state index is -0.0238. The summed E-state index contributed by atoms with van der Waals surface area (Å²) in [7, 11) is 0. The van der Waals surface area contributed by atoms with Crippen LogP contribution < -0.4 is 0 Å². The summed E-state index contributed by atoms with van der Waals surface area (Å²) in [5.41, 5.74) is 1.94. The lowest BCUT2D eigenvalue weighted by molar-refractivity contribution is 0.0737. The zero-order valence-corrected chi connectivity index (χ0v) is 14.8. The molecule has 4 rings (SSSR count). The highest BCUT2D eigenvalue weighted by Crippen LogP contribution is 2.30. The van der Waals surface area contributed by atoms with Crippen LogP contribution in [-0.4, -0.2) is 38.8 Å². The Balaban J connectivity index is 1.69. The van der Waals surface area contributed by atoms with Crippen LogP contribution in [0.3, 0.4) is 0 Å². The maximum absolute atomic E-state index is 13.1. The average Bonchev–Trinajstić information content (AvgIpc) is 3.05. The summed E-state index contributed by atoms with van der Waals surface area (Å²) < 4.78 is 1.09. The van der Waals surface area contributed by atoms with Crippen molar-refractivity contribution in [3.8, 4) is 10.7 Å². The minimum Gasteiger partial charge on any atom is -0.337 e. The standard InChI is InChI=1S/C19H20N4OS/c24-19(23-12-6-2-1-3-7-13-23)17-16(20-10-11-21-17)18-22-14-8-4-5-9-15(14)25-18/h4-5,8-11H,1-3,6-7,12-13H2. The number of rotatable bonds is 2. The normalized spacial score (nSPS) is 15.8. The molecule has 3 aromatic rings. The predicted octanol–water partition coefficient (Wildman–Crippen LogP) is 4.16. The number of para-hydroxylation sites is 1. The quantitative estimate of drug-likeness (QED) is 0.695. The molecule has 0 saturated carbocycles. The molecule has 5 nitrogen and oxygen atoms in total. The number of nitrogens with zero attached hydrogens (tertiary/aromatic N) is 4. The van der Waals surface area contributed by atoms with Crippen molar-refractivity contribution in [3.63, 3.8) is 0 Å². The summed E-state index contributed by atoms with van der Waals surface area (Å²) in [5.74, 6) is -0.0238. The number of amides is 1. The monoisotopic (exact) mass is 352 g/mol. The van der Waals surface area contributed by atoms with Crippen LogP contribution in [0, 0.1) is 0 Å². The van der Waals surface area contributed by atoms with Gasteiger partial charge in [-0.25, -0.2) is 15.0 Å². The Labute approximate surface area is 150 Å². The van der Waals surface area contributed by atoms with E-state index < -0.39 is 0 Å². The molecule has 3 heterocycles. The molecule has 0 N–H and O–H groups in total. The van der Waals surface area contributed by atoms with Crippen LogP contribution >= 0.6 is 11.3 Å². The number of likely N-dealkylation sites (tertiary alicyclic amines) is 1. The summed E-state index contributed by atoms with van der Waals surface area (Å²) in [5, 5.41) is 0.754. The van der Waals surface area contributed by atoms with E-state index in [-0.39, 0.29) is 5.91 Å². The van der Waals surface area contributed by atoms with Crippen LogP contribution in [0.25, 0.3) is 20.9 Å². The Hall–Kier alpha value is -2.34. The van der Waals surface area contributed by atoms with Crippen LogP contribution in [0.4, 0.5) is 0 Å². The number of carbonyl (C=O) groups excluding carboxylic acids is 1. The second-order valence-corrected chi connectivity index (χ2v) is 7.33. The van der Waals surface area contributed by atoms with E-state index in [9.17, 15) is 4.79 Å². The topological polar surface area (TPSA) is 59.0 Å². The van der Waals surface area contributed by atoms with Crippen molar-refractivity contribution in [3.05, 3.63) is 42.4 Å². The lowest BCUT2D eigenvalue weighted by Gasteiger charge is -2.24. The SMILES string of the molecule is O=C(c1nccnc1-c1nc2ccccc2s1)N1CCCCCCC1. The van der Waals surface area contributed by atoms with E-state index in [0.29, 0.717) is 11.4 Å². The number of aromatic nitrogens is 3. The number of thiazole rings is 1. The zero-order valence-electron chi connectivity index (χ0n) is 14.0. The first kappa shape index (κ1) is 16.1. The molecular formula is C19H20N4OS. The van der Waals surface area contributed by atoms with Gasteiger partial charge in [-0.1, -0.05) is 31.4 Å². The predicted molar refractivity (Wildman–Crippen MR) is 99.6 cm³/mol. The highest BCUT2D eigenvalue weighted by atomic mass is 32.1. The van der Waals surface area contributed by atoms with Gasteiger partial charge in [0.25, 0.3) is 5.91 Å². The van der Waals surface area contributed by atoms with Crippen molar-refractivity contribution >= 4 is 27.5 Å². The summed E-state index contributed by atoms with van der Waals surface area (Å²) >= 11 is 1.55. The number of fused-ring (bicyclic) bond motifs is 1. The van der Waals surface area contributed by atoms with Gasteiger partial charge >= 0.3 is 0 Å². The number of hydrogen-bond acceptors (Lipinski definition) is 5. The third kappa shape index (κ3) is 3.39. The maximum atomic E-state index is 13.1. The summed E-state index contributed by atoms with van der Waals surface area (Å²) in [6.45, 7) is 1.60. The van der Waals surface area contributed by atoms with Crippen molar-refractivity contribution in [1.29, 1.82) is 0 Å². The Morgan fingerprint density at radius 2 is 1.68 bits per heavy atom. The number of benzene rings is 1. The highest BCUT2D eigenvalue weighted by Gasteiger charge is 2.23. The van der Waals surface area contributed by atoms with Gasteiger partial charge in [-0.2, -0.15) is 0 Å². The minimum absolute atomic E-state index is 0.0238. The summed E-state index contributed by atoms with van der Waals surface area (Å²) in [4.78, 5) is 28.5. The van der Waals surface area contributed by atoms with Crippen molar-refractivity contribution in [1.82, 2.24) is 19.9 Å². The molecule has 1 aliphatic heterocycles. The second-order valence-electron chi connectivity index (χ2n) is 6.30. The first-order valence-corrected chi connectivity index (χ1v) is 9.61. The maximum Gasteiger partial charge on any atom is 0.274 e. The molecule has 0 unspecified atom stereocenters. The van der Waals surface area contributed by atoms with Crippen molar-refractivity contribution in [2.45, 2.75) is 32.1 Å². The number of hydrogen-bond donors (Lipinski definition) is 0. The van der Waals surface area contributed by atoms with Gasteiger partial charge in [0.1, 0.15) is 10.7 Å². The van der Waals surface area contributed by atoms with Crippen molar-refractivity contribution < 1.29 is 4.79 Å². The highest BCUT2D eigenvalue weighted by molar-refractivity contribution is 7.21. The first-order valence-electron chi connectivity index (χ1n) is 8.79. The largest absolute Gasteiger partial charge is 0.337 e. The fraction of sp³-hybridized carbons (Fsp3) is 0.368. The Bertz CT molecular complexity index is 851. The van der Waals surface area contributed by atoms with Crippen LogP contribution in [0.2, 0.25) is 0 Å². The first-order chi connectivity index (χ1) is 12.3. The molecular weight excluding hydrogens is 332 g/mol. The van der Waals surface area contributed by atoms with Crippen LogP contribution in [0.15, 0.2) is 36.7 Å². The molecule has 0 spiro atoms. The van der Waals surface area contributed by atoms with E-state index in [4.69, 9.17) is 0 Å². The molecule has 0 radical (unpaired) electrons. The third-order valence-electron chi connectivity index (χ3n) is 4.54. The van der Waals surface area contributed by atoms with Gasteiger partial charge in [0, 0.05) is 25.5 Å². The van der Waals surface area contributed by atoms with Gasteiger partial charge in [0.2, 0.25) is 0 Å². The Morgan fingerprint density at radius 1 is 0.960 bits per heavy atom. The van der Waals surface area contributed by atoms with E-state index in [1.807, 2.05) is 29.2 Å². The summed E-state index contributed by atoms with van der Waals surface area (Å²) in [6.07, 6.45) is 8.98. The lowest BCUT2D eigenvalue weighted by Crippen LogP contribution is -2.34. The average molecular weight is 352 g/mol. The molecule has 1 aliphatic rings. The smallest absolute Gasteiger partial charge is 0.274 e. The lowest BCUT2D eigenvalue weighted by atomic mass is 10.1. The fourth-order valence-electron chi connectivity index (χ4n) is 3.22. The molecule has 1 saturated heterocycles. The molecule has 0 bridgehead atoms. The molecule has 0 aliphatic carbocycles. The van der Waals surface area contributed by atoms with Gasteiger partial charge in [-0.15, -0.1) is 11.3 Å². The van der Waals surface area contributed by atoms with Crippen LogP contribution in [-0.2, 0) is 0 Å². The Morgan fingerprint density at radius 3 is 2.48 bits per heavy atom. The van der Waals surface area contributed by atoms with E-state index in [1.165, 1.54) is 19.3 Å². The second kappa shape index (κ2) is 7.27. The third-order valence-corrected chi connectivity index (χ3v) is 5.58. The van der Waals surface area contributed by atoms with E-state index in [0.717, 1.165) is 41.2 Å². The molecule has 1 aromatic carbocycles. The van der Waals surface area contributed by atoms with Gasteiger partial charge in [-0.05, 0) is 25.0 Å². The molecule has 128 valence electrons. The van der Waals surface area contributed by atoms with E-state index in [2.05, 4.69) is 15.0 Å². The van der Waals surface area contributed by atoms with Crippen LogP contribution in [0.5, 0.6) is 0 Å². The molecule has 25 heavy (non-hydrogen) atoms. The molecule has 0 atom stereocenters. The molecule has 1 fully saturated rings. The van der Waals surface area contributed by atoms with Crippen molar-refractivity contribution in [2.24, 2.45) is 0 Å². The summed E-state index contributed by atoms with van der Waals surface area (Å²) in [6, 6.07) is 7.97. The van der Waals surface area contributed by atoms with Crippen molar-refractivity contribution in [2.75, 3.05) is 13.1 Å². The van der Waals surface area contributed by atoms with Gasteiger partial charge < -0.3 is 4.90 Å². The number of carbonyl (C=O) groups is 1. The van der Waals surface area contributed by atoms with E-state index in [1.54, 1.807) is 23.7 Å². The van der Waals surface area contributed by atoms with Gasteiger partial charge in [0.15, 0.2) is 5.69 Å². The molecule has 2 aromatic heterocycles. The zero-order chi connectivity index (χ0) is 17.1. The Kier molecular flexibility index (Phi) is 4.70. The van der Waals surface area contributed by atoms with Gasteiger partial charge in [-0.3, -0.25) is 4.79 Å². The van der Waals surface area contributed by atoms with Crippen LogP contribution in [0.1, 0.15) is 42.6 Å². The molecule has 1 amide bonds. The fourth-order valence-corrected chi connectivity index (χ4v) is 4.19.